The summed E-state index contributed by atoms with van der Waals surface area (Å²) in [6.07, 6.45) is 4.87. The highest BCUT2D eigenvalue weighted by Crippen LogP contribution is 2.26. The number of rotatable bonds is 8. The van der Waals surface area contributed by atoms with Crippen LogP contribution in [-0.4, -0.2) is 42.1 Å². The monoisotopic (exact) mass is 318 g/mol. The molecular weight excluding hydrogens is 292 g/mol. The first-order valence-corrected chi connectivity index (χ1v) is 7.81. The van der Waals surface area contributed by atoms with Crippen molar-refractivity contribution in [1.29, 1.82) is 0 Å². The van der Waals surface area contributed by atoms with Gasteiger partial charge in [0.05, 0.1) is 6.61 Å². The molecule has 1 unspecified atom stereocenters. The van der Waals surface area contributed by atoms with Gasteiger partial charge in [0.2, 0.25) is 0 Å². The van der Waals surface area contributed by atoms with E-state index in [1.165, 1.54) is 0 Å². The Kier molecular flexibility index (Phi) is 6.04. The molecule has 0 saturated heterocycles. The molecule has 1 aromatic carbocycles. The number of nitrogens with one attached hydrogen (secondary N) is 2. The van der Waals surface area contributed by atoms with Gasteiger partial charge in [0, 0.05) is 42.3 Å². The zero-order valence-electron chi connectivity index (χ0n) is 13.3. The van der Waals surface area contributed by atoms with Crippen molar-refractivity contribution in [3.8, 4) is 0 Å². The van der Waals surface area contributed by atoms with Crippen LogP contribution in [0.3, 0.4) is 0 Å². The van der Waals surface area contributed by atoms with Gasteiger partial charge in [-0.05, 0) is 48.8 Å². The van der Waals surface area contributed by atoms with Crippen LogP contribution in [0.5, 0.6) is 0 Å². The lowest BCUT2D eigenvalue weighted by atomic mass is 9.83. The van der Waals surface area contributed by atoms with Gasteiger partial charge in [-0.25, -0.2) is 0 Å². The van der Waals surface area contributed by atoms with Gasteiger partial charge in [-0.3, -0.25) is 0 Å². The molecule has 0 saturated carbocycles. The topological polar surface area (TPSA) is 117 Å². The second-order valence-corrected chi connectivity index (χ2v) is 5.86. The van der Waals surface area contributed by atoms with Crippen LogP contribution >= 0.6 is 0 Å². The molecule has 8 N–H and O–H groups in total. The zero-order chi connectivity index (χ0) is 16.7. The molecule has 0 aromatic heterocycles. The van der Waals surface area contributed by atoms with Crippen molar-refractivity contribution in [2.45, 2.75) is 18.4 Å². The van der Waals surface area contributed by atoms with E-state index in [1.807, 2.05) is 36.4 Å². The van der Waals surface area contributed by atoms with Crippen LogP contribution in [-0.2, 0) is 0 Å². The number of hydrogen-bond acceptors (Lipinski definition) is 6. The number of allylic oxidation sites excluding steroid dienone is 1. The molecule has 2 rings (SSSR count). The highest BCUT2D eigenvalue weighted by molar-refractivity contribution is 5.54. The first kappa shape index (κ1) is 17.3. The van der Waals surface area contributed by atoms with Crippen LogP contribution in [0.25, 0.3) is 0 Å². The van der Waals surface area contributed by atoms with E-state index in [0.717, 1.165) is 22.6 Å². The molecule has 0 heterocycles. The third kappa shape index (κ3) is 4.99. The van der Waals surface area contributed by atoms with Crippen molar-refractivity contribution in [3.05, 3.63) is 47.7 Å². The van der Waals surface area contributed by atoms with Crippen LogP contribution in [0.15, 0.2) is 47.7 Å². The van der Waals surface area contributed by atoms with E-state index in [0.29, 0.717) is 25.9 Å². The maximum absolute atomic E-state index is 9.13. The molecule has 6 nitrogen and oxygen atoms in total. The fourth-order valence-electron chi connectivity index (χ4n) is 2.59. The van der Waals surface area contributed by atoms with Crippen molar-refractivity contribution < 1.29 is 10.2 Å². The number of hydrogen-bond donors (Lipinski definition) is 6. The number of anilines is 2. The van der Waals surface area contributed by atoms with E-state index in [9.17, 15) is 0 Å². The molecule has 0 fully saturated rings. The van der Waals surface area contributed by atoms with Gasteiger partial charge >= 0.3 is 0 Å². The molecule has 1 aromatic rings. The zero-order valence-corrected chi connectivity index (χ0v) is 13.3. The maximum Gasteiger partial charge on any atom is 0.0604 e. The highest BCUT2D eigenvalue weighted by Gasteiger charge is 2.26. The van der Waals surface area contributed by atoms with Gasteiger partial charge < -0.3 is 32.3 Å². The Hall–Kier alpha value is -2.02. The molecule has 0 aliphatic heterocycles. The SMILES string of the molecule is NC1=C(CNc2ccc(NCCO)cc2)CC(N)(CCO)C=C1. The molecule has 23 heavy (non-hydrogen) atoms. The standard InChI is InChI=1S/C17H26N4O2/c18-16-5-6-17(19,7-9-22)11-13(16)12-21-15-3-1-14(2-4-15)20-8-10-23/h1-6,20-23H,7-12,18-19H2. The van der Waals surface area contributed by atoms with Crippen LogP contribution in [0.4, 0.5) is 11.4 Å². The Morgan fingerprint density at radius 2 is 1.70 bits per heavy atom. The lowest BCUT2D eigenvalue weighted by Gasteiger charge is -2.30. The predicted octanol–water partition coefficient (Wildman–Crippen LogP) is 0.755. The Morgan fingerprint density at radius 3 is 2.30 bits per heavy atom. The van der Waals surface area contributed by atoms with Crippen molar-refractivity contribution in [2.75, 3.05) is 36.9 Å². The molecule has 126 valence electrons. The second-order valence-electron chi connectivity index (χ2n) is 5.86. The van der Waals surface area contributed by atoms with Crippen LogP contribution in [0, 0.1) is 0 Å². The fourth-order valence-corrected chi connectivity index (χ4v) is 2.59. The van der Waals surface area contributed by atoms with Crippen molar-refractivity contribution in [2.24, 2.45) is 11.5 Å². The Bertz CT molecular complexity index is 568. The number of nitrogens with two attached hydrogens (primary N) is 2. The Balaban J connectivity index is 1.93. The summed E-state index contributed by atoms with van der Waals surface area (Å²) < 4.78 is 0. The molecule has 1 aliphatic rings. The Morgan fingerprint density at radius 1 is 1.04 bits per heavy atom. The summed E-state index contributed by atoms with van der Waals surface area (Å²) in [5.41, 5.74) is 15.5. The fraction of sp³-hybridized carbons (Fsp3) is 0.412. The number of benzene rings is 1. The Labute approximate surface area is 136 Å². The third-order valence-corrected chi connectivity index (χ3v) is 3.95. The minimum Gasteiger partial charge on any atom is -0.399 e. The second kappa shape index (κ2) is 8.01. The molecule has 6 heteroatoms. The average Bonchev–Trinajstić information content (AvgIpc) is 2.55. The van der Waals surface area contributed by atoms with Gasteiger partial charge in [0.15, 0.2) is 0 Å². The first-order chi connectivity index (χ1) is 11.1. The van der Waals surface area contributed by atoms with Gasteiger partial charge in [0.25, 0.3) is 0 Å². The average molecular weight is 318 g/mol. The summed E-state index contributed by atoms with van der Waals surface area (Å²) in [6.45, 7) is 1.31. The van der Waals surface area contributed by atoms with Crippen LogP contribution in [0.2, 0.25) is 0 Å². The molecule has 0 amide bonds. The van der Waals surface area contributed by atoms with E-state index in [2.05, 4.69) is 10.6 Å². The third-order valence-electron chi connectivity index (χ3n) is 3.95. The summed E-state index contributed by atoms with van der Waals surface area (Å²) >= 11 is 0. The van der Waals surface area contributed by atoms with Gasteiger partial charge in [-0.1, -0.05) is 6.08 Å². The van der Waals surface area contributed by atoms with Gasteiger partial charge in [0.1, 0.15) is 0 Å². The van der Waals surface area contributed by atoms with E-state index in [1.54, 1.807) is 0 Å². The molecule has 0 spiro atoms. The molecule has 0 radical (unpaired) electrons. The summed E-state index contributed by atoms with van der Waals surface area (Å²) in [5, 5.41) is 24.4. The molecule has 1 atom stereocenters. The first-order valence-electron chi connectivity index (χ1n) is 7.81. The lowest BCUT2D eigenvalue weighted by Crippen LogP contribution is -2.41. The summed E-state index contributed by atoms with van der Waals surface area (Å²) in [7, 11) is 0. The normalized spacial score (nSPS) is 20.7. The van der Waals surface area contributed by atoms with E-state index in [4.69, 9.17) is 21.7 Å². The quantitative estimate of drug-likeness (QED) is 0.421. The summed E-state index contributed by atoms with van der Waals surface area (Å²) in [6, 6.07) is 7.85. The summed E-state index contributed by atoms with van der Waals surface area (Å²) in [5.74, 6) is 0. The molecular formula is C17H26N4O2. The van der Waals surface area contributed by atoms with Gasteiger partial charge in [-0.15, -0.1) is 0 Å². The van der Waals surface area contributed by atoms with Gasteiger partial charge in [-0.2, -0.15) is 0 Å². The minimum absolute atomic E-state index is 0.0593. The smallest absolute Gasteiger partial charge is 0.0604 e. The number of aliphatic hydroxyl groups excluding tert-OH is 2. The van der Waals surface area contributed by atoms with Crippen molar-refractivity contribution in [1.82, 2.24) is 0 Å². The van der Waals surface area contributed by atoms with E-state index >= 15 is 0 Å². The highest BCUT2D eigenvalue weighted by atomic mass is 16.3. The lowest BCUT2D eigenvalue weighted by molar-refractivity contribution is 0.255. The molecule has 1 aliphatic carbocycles. The largest absolute Gasteiger partial charge is 0.399 e. The van der Waals surface area contributed by atoms with E-state index < -0.39 is 5.54 Å². The summed E-state index contributed by atoms with van der Waals surface area (Å²) in [4.78, 5) is 0. The number of aliphatic hydroxyl groups is 2. The maximum atomic E-state index is 9.13. The van der Waals surface area contributed by atoms with Crippen molar-refractivity contribution >= 4 is 11.4 Å². The van der Waals surface area contributed by atoms with Crippen LogP contribution < -0.4 is 22.1 Å². The minimum atomic E-state index is -0.521. The predicted molar refractivity (Wildman–Crippen MR) is 94.1 cm³/mol. The van der Waals surface area contributed by atoms with E-state index in [-0.39, 0.29) is 13.2 Å². The molecule has 0 bridgehead atoms. The van der Waals surface area contributed by atoms with Crippen LogP contribution in [0.1, 0.15) is 12.8 Å². The van der Waals surface area contributed by atoms with Crippen molar-refractivity contribution in [3.63, 3.8) is 0 Å².